The summed E-state index contributed by atoms with van der Waals surface area (Å²) >= 11 is 0. The van der Waals surface area contributed by atoms with E-state index in [0.29, 0.717) is 6.54 Å². The van der Waals surface area contributed by atoms with Crippen molar-refractivity contribution in [2.45, 2.75) is 26.1 Å². The van der Waals surface area contributed by atoms with E-state index in [0.717, 1.165) is 29.9 Å². The van der Waals surface area contributed by atoms with Crippen molar-refractivity contribution >= 4 is 5.82 Å². The first kappa shape index (κ1) is 10.4. The summed E-state index contributed by atoms with van der Waals surface area (Å²) in [6, 6.07) is 1.94. The summed E-state index contributed by atoms with van der Waals surface area (Å²) < 4.78 is 0. The van der Waals surface area contributed by atoms with Gasteiger partial charge in [-0.1, -0.05) is 0 Å². The molecule has 1 aromatic heterocycles. The van der Waals surface area contributed by atoms with E-state index in [1.165, 1.54) is 0 Å². The van der Waals surface area contributed by atoms with Crippen molar-refractivity contribution in [1.29, 1.82) is 0 Å². The lowest BCUT2D eigenvalue weighted by molar-refractivity contribution is 0.198. The van der Waals surface area contributed by atoms with E-state index in [2.05, 4.69) is 9.88 Å². The van der Waals surface area contributed by atoms with Crippen molar-refractivity contribution in [1.82, 2.24) is 4.98 Å². The molecule has 0 spiro atoms. The average molecular weight is 208 g/mol. The van der Waals surface area contributed by atoms with E-state index in [4.69, 9.17) is 5.11 Å². The fourth-order valence-electron chi connectivity index (χ4n) is 1.98. The summed E-state index contributed by atoms with van der Waals surface area (Å²) in [6.07, 6.45) is 2.26. The number of pyridine rings is 1. The highest BCUT2D eigenvalue weighted by Gasteiger charge is 2.22. The zero-order valence-corrected chi connectivity index (χ0v) is 8.85. The molecule has 1 unspecified atom stereocenters. The highest BCUT2D eigenvalue weighted by atomic mass is 16.3. The number of anilines is 1. The maximum Gasteiger partial charge on any atom is 0.131 e. The molecule has 1 fully saturated rings. The molecule has 0 aliphatic carbocycles. The molecule has 2 heterocycles. The molecule has 1 aliphatic heterocycles. The van der Waals surface area contributed by atoms with Crippen molar-refractivity contribution in [3.05, 3.63) is 23.4 Å². The minimum absolute atomic E-state index is 0.0245. The molecule has 1 atom stereocenters. The molecule has 1 aromatic rings. The van der Waals surface area contributed by atoms with Gasteiger partial charge in [0.15, 0.2) is 0 Å². The second-order valence-electron chi connectivity index (χ2n) is 4.03. The Hall–Kier alpha value is -1.13. The van der Waals surface area contributed by atoms with Gasteiger partial charge in [-0.2, -0.15) is 0 Å². The number of rotatable bonds is 2. The maximum absolute atomic E-state index is 9.44. The molecule has 1 saturated heterocycles. The largest absolute Gasteiger partial charge is 0.392 e. The van der Waals surface area contributed by atoms with Crippen LogP contribution in [0.1, 0.15) is 17.5 Å². The molecule has 2 N–H and O–H groups in total. The second kappa shape index (κ2) is 4.16. The quantitative estimate of drug-likeness (QED) is 0.741. The molecular weight excluding hydrogens is 192 g/mol. The monoisotopic (exact) mass is 208 g/mol. The molecule has 15 heavy (non-hydrogen) atoms. The van der Waals surface area contributed by atoms with E-state index in [-0.39, 0.29) is 12.7 Å². The maximum atomic E-state index is 9.44. The van der Waals surface area contributed by atoms with Crippen LogP contribution in [0.3, 0.4) is 0 Å². The van der Waals surface area contributed by atoms with Gasteiger partial charge in [-0.15, -0.1) is 0 Å². The molecule has 0 amide bonds. The average Bonchev–Trinajstić information content (AvgIpc) is 2.64. The molecule has 0 aromatic carbocycles. The van der Waals surface area contributed by atoms with Crippen LogP contribution < -0.4 is 4.90 Å². The molecule has 0 bridgehead atoms. The highest BCUT2D eigenvalue weighted by molar-refractivity contribution is 5.48. The lowest BCUT2D eigenvalue weighted by Crippen LogP contribution is -2.23. The Labute approximate surface area is 89.2 Å². The number of aliphatic hydroxyl groups excluding tert-OH is 2. The van der Waals surface area contributed by atoms with Gasteiger partial charge < -0.3 is 15.1 Å². The Morgan fingerprint density at radius 2 is 2.40 bits per heavy atom. The van der Waals surface area contributed by atoms with E-state index in [1.807, 2.05) is 13.0 Å². The minimum Gasteiger partial charge on any atom is -0.392 e. The van der Waals surface area contributed by atoms with Crippen LogP contribution >= 0.6 is 0 Å². The first-order chi connectivity index (χ1) is 7.20. The van der Waals surface area contributed by atoms with Gasteiger partial charge in [0, 0.05) is 19.3 Å². The fourth-order valence-corrected chi connectivity index (χ4v) is 1.98. The van der Waals surface area contributed by atoms with Crippen molar-refractivity contribution < 1.29 is 10.2 Å². The summed E-state index contributed by atoms with van der Waals surface area (Å²) in [6.45, 7) is 3.52. The fraction of sp³-hybridized carbons (Fsp3) is 0.545. The van der Waals surface area contributed by atoms with E-state index in [9.17, 15) is 5.11 Å². The second-order valence-corrected chi connectivity index (χ2v) is 4.03. The first-order valence-corrected chi connectivity index (χ1v) is 5.20. The molecular formula is C11H16N2O2. The van der Waals surface area contributed by atoms with Crippen LogP contribution in [-0.2, 0) is 6.61 Å². The molecule has 82 valence electrons. The number of nitrogens with zero attached hydrogens (tertiary/aromatic N) is 2. The normalized spacial score (nSPS) is 21.0. The molecule has 2 rings (SSSR count). The number of aromatic nitrogens is 1. The van der Waals surface area contributed by atoms with Gasteiger partial charge in [0.1, 0.15) is 5.82 Å². The third kappa shape index (κ3) is 2.11. The van der Waals surface area contributed by atoms with Crippen LogP contribution in [0.4, 0.5) is 5.82 Å². The number of hydrogen-bond acceptors (Lipinski definition) is 4. The Balaban J connectivity index is 2.21. The molecule has 4 heteroatoms. The van der Waals surface area contributed by atoms with Gasteiger partial charge in [0.2, 0.25) is 0 Å². The van der Waals surface area contributed by atoms with Gasteiger partial charge in [-0.05, 0) is 30.5 Å². The van der Waals surface area contributed by atoms with Gasteiger partial charge in [-0.3, -0.25) is 0 Å². The topological polar surface area (TPSA) is 56.6 Å². The minimum atomic E-state index is -0.233. The predicted octanol–water partition coefficient (Wildman–Crippen LogP) is 0.453. The van der Waals surface area contributed by atoms with Crippen LogP contribution in [0.15, 0.2) is 12.3 Å². The molecule has 1 aliphatic rings. The number of aliphatic hydroxyl groups is 2. The summed E-state index contributed by atoms with van der Waals surface area (Å²) in [7, 11) is 0. The summed E-state index contributed by atoms with van der Waals surface area (Å²) in [5.74, 6) is 0.920. The van der Waals surface area contributed by atoms with E-state index in [1.54, 1.807) is 6.20 Å². The number of aryl methyl sites for hydroxylation is 1. The van der Waals surface area contributed by atoms with Crippen LogP contribution in [0.5, 0.6) is 0 Å². The standard InChI is InChI=1S/C11H16N2O2/c1-8-4-9(7-14)5-12-11(8)13-3-2-10(15)6-13/h4-5,10,14-15H,2-3,6-7H2,1H3. The molecule has 0 saturated carbocycles. The Bertz CT molecular complexity index is 354. The van der Waals surface area contributed by atoms with Gasteiger partial charge >= 0.3 is 0 Å². The van der Waals surface area contributed by atoms with Crippen molar-refractivity contribution in [3.63, 3.8) is 0 Å². The zero-order chi connectivity index (χ0) is 10.8. The van der Waals surface area contributed by atoms with Gasteiger partial charge in [0.05, 0.1) is 12.7 Å². The lowest BCUT2D eigenvalue weighted by Gasteiger charge is -2.19. The Morgan fingerprint density at radius 1 is 1.60 bits per heavy atom. The van der Waals surface area contributed by atoms with Crippen LogP contribution in [0.25, 0.3) is 0 Å². The predicted molar refractivity (Wildman–Crippen MR) is 57.7 cm³/mol. The van der Waals surface area contributed by atoms with Crippen LogP contribution in [0.2, 0.25) is 0 Å². The SMILES string of the molecule is Cc1cc(CO)cnc1N1CCC(O)C1. The molecule has 4 nitrogen and oxygen atoms in total. The number of hydrogen-bond donors (Lipinski definition) is 2. The zero-order valence-electron chi connectivity index (χ0n) is 8.85. The van der Waals surface area contributed by atoms with Gasteiger partial charge in [-0.25, -0.2) is 4.98 Å². The van der Waals surface area contributed by atoms with Crippen molar-refractivity contribution in [2.24, 2.45) is 0 Å². The van der Waals surface area contributed by atoms with E-state index >= 15 is 0 Å². The summed E-state index contributed by atoms with van der Waals surface area (Å²) in [5.41, 5.74) is 1.88. The van der Waals surface area contributed by atoms with Crippen molar-refractivity contribution in [3.8, 4) is 0 Å². The Morgan fingerprint density at radius 3 is 2.93 bits per heavy atom. The van der Waals surface area contributed by atoms with E-state index < -0.39 is 0 Å². The number of β-amino-alcohol motifs (C(OH)–C–C–N with tert-alkyl or cyclic N) is 1. The van der Waals surface area contributed by atoms with Crippen LogP contribution in [-0.4, -0.2) is 34.4 Å². The Kier molecular flexibility index (Phi) is 2.88. The third-order valence-electron chi connectivity index (χ3n) is 2.75. The molecule has 0 radical (unpaired) electrons. The van der Waals surface area contributed by atoms with Crippen molar-refractivity contribution in [2.75, 3.05) is 18.0 Å². The third-order valence-corrected chi connectivity index (χ3v) is 2.75. The van der Waals surface area contributed by atoms with Crippen LogP contribution in [0, 0.1) is 6.92 Å². The highest BCUT2D eigenvalue weighted by Crippen LogP contribution is 2.22. The smallest absolute Gasteiger partial charge is 0.131 e. The first-order valence-electron chi connectivity index (χ1n) is 5.20. The van der Waals surface area contributed by atoms with Gasteiger partial charge in [0.25, 0.3) is 0 Å². The summed E-state index contributed by atoms with van der Waals surface area (Å²) in [4.78, 5) is 6.40. The lowest BCUT2D eigenvalue weighted by atomic mass is 10.2. The summed E-state index contributed by atoms with van der Waals surface area (Å²) in [5, 5.41) is 18.4.